The molecule has 0 atom stereocenters. The van der Waals surface area contributed by atoms with Gasteiger partial charge in [-0.05, 0) is 197 Å². The molecule has 6 heterocycles. The van der Waals surface area contributed by atoms with Crippen molar-refractivity contribution in [1.29, 1.82) is 0 Å². The second-order valence-electron chi connectivity index (χ2n) is 23.4. The minimum atomic E-state index is 0.417. The number of hydrogen-bond acceptors (Lipinski definition) is 8. The largest absolute Gasteiger partial charge is 0.456 e. The molecule has 8 nitrogen and oxygen atoms in total. The first-order chi connectivity index (χ1) is 42.5. The molecule has 7 aliphatic rings. The van der Waals surface area contributed by atoms with Crippen LogP contribution in [0.5, 0.6) is 0 Å². The van der Waals surface area contributed by atoms with Crippen molar-refractivity contribution < 1.29 is 26.5 Å². The monoisotopic (exact) mass is 1220 g/mol. The summed E-state index contributed by atoms with van der Waals surface area (Å²) in [7, 11) is 0. The molecule has 0 saturated heterocycles. The molecule has 2 N–H and O–H groups in total. The molecule has 1 aliphatic carbocycles. The van der Waals surface area contributed by atoms with Gasteiger partial charge in [-0.1, -0.05) is 97.1 Å². The summed E-state index contributed by atoms with van der Waals surface area (Å²) in [5.41, 5.74) is 27.6. The first-order valence-corrected chi connectivity index (χ1v) is 30.2. The predicted octanol–water partition coefficient (Wildman–Crippen LogP) is 21.8. The molecule has 0 amide bonds. The maximum atomic E-state index is 7.03. The number of halogens is 1. The molecule has 0 aromatic heterocycles. The first kappa shape index (κ1) is 46.2. The fourth-order valence-electron chi connectivity index (χ4n) is 15.1. The average Bonchev–Trinajstić information content (AvgIpc) is 0.970. The Morgan fingerprint density at radius 2 is 0.500 bits per heavy atom. The van der Waals surface area contributed by atoms with Gasteiger partial charge in [0.1, 0.15) is 67.0 Å². The molecule has 6 aliphatic heterocycles. The maximum Gasteiger partial charge on any atom is 0.136 e. The van der Waals surface area contributed by atoms with Crippen molar-refractivity contribution in [1.82, 2.24) is 8.85 Å². The zero-order valence-corrected chi connectivity index (χ0v) is 47.6. The molecule has 21 rings (SSSR count). The molecule has 14 aromatic rings. The Hall–Kier alpha value is -10.2. The summed E-state index contributed by atoms with van der Waals surface area (Å²) in [5, 5.41) is 16.4. The van der Waals surface area contributed by atoms with Crippen LogP contribution in [0.15, 0.2) is 233 Å². The standard InChI is InChI=1S/C77H41IN2O6/c78-80-36-38-3-7-40(8-4-38)43-12-24-55-67-49(43)18-30-61-73(67)75-63(82-55)32-20-51-45(14-26-57(84-61)69(51)75)47-16-28-59-71-53(47)22-34-65-77(71)76-64(86-59)33-21-52-46(15-27-58(85-65)70(52)76)44-13-25-56-68-50(44)19-31-62-74(68)72-60(83-56)29-17-48-42(11-23-54(81-62)66(48)72)39-5-1-37(2-6-39)35-79-41-9-10-41/h1-34,41,79-80H,35-36H2. The molecule has 86 heavy (non-hydrogen) atoms. The van der Waals surface area contributed by atoms with Gasteiger partial charge in [0.25, 0.3) is 0 Å². The Labute approximate surface area is 500 Å². The second kappa shape index (κ2) is 16.6. The van der Waals surface area contributed by atoms with Crippen molar-refractivity contribution >= 4 is 154 Å². The number of rotatable bonds is 9. The summed E-state index contributed by atoms with van der Waals surface area (Å²) in [6.07, 6.45) is 4.35. The van der Waals surface area contributed by atoms with Crippen molar-refractivity contribution in [2.75, 3.05) is 0 Å². The quantitative estimate of drug-likeness (QED) is 0.0484. The Bertz CT molecular complexity index is 6150. The number of benzene rings is 14. The lowest BCUT2D eigenvalue weighted by molar-refractivity contribution is 0.646. The number of nitrogens with one attached hydrogen (secondary N) is 2. The SMILES string of the molecule is INCc1ccc(-c2ccc3oc4ccc5c(-c6ccc7oc8ccc9c(-c%10ccc%11oc%12ccc%13c(-c%14ccc(CNC%15C=C%15)cc%14)ccc%14oc%15ccc%10c%11c%15-c%12c%14%13)ccc%10oc%11ccc6c7c%11-c8c%109)ccc6oc7ccc2c3c7-c4c65)cc1. The maximum absolute atomic E-state index is 7.03. The van der Waals surface area contributed by atoms with Crippen LogP contribution in [0, 0.1) is 0 Å². The molecule has 402 valence electrons. The third-order valence-corrected chi connectivity index (χ3v) is 19.4. The van der Waals surface area contributed by atoms with E-state index < -0.39 is 0 Å². The summed E-state index contributed by atoms with van der Waals surface area (Å²) in [6, 6.07) is 70.0. The normalized spacial score (nSPS) is 13.5. The molecule has 14 aromatic carbocycles. The molecule has 0 spiro atoms. The summed E-state index contributed by atoms with van der Waals surface area (Å²) < 4.78 is 44.9. The Balaban J connectivity index is 0.713. The van der Waals surface area contributed by atoms with E-state index >= 15 is 0 Å². The van der Waals surface area contributed by atoms with E-state index in [1.165, 1.54) is 11.1 Å². The molecule has 0 fully saturated rings. The first-order valence-electron chi connectivity index (χ1n) is 29.2. The van der Waals surface area contributed by atoms with Crippen LogP contribution in [-0.4, -0.2) is 6.04 Å². The van der Waals surface area contributed by atoms with Crippen LogP contribution < -0.4 is 8.85 Å². The van der Waals surface area contributed by atoms with Crippen molar-refractivity contribution in [3.63, 3.8) is 0 Å². The third-order valence-electron chi connectivity index (χ3n) is 19.0. The van der Waals surface area contributed by atoms with Gasteiger partial charge in [0.15, 0.2) is 0 Å². The van der Waals surface area contributed by atoms with Crippen LogP contribution in [0.1, 0.15) is 11.1 Å². The molecule has 0 unspecified atom stereocenters. The Kier molecular flexibility index (Phi) is 8.92. The van der Waals surface area contributed by atoms with Gasteiger partial charge < -0.3 is 31.8 Å². The van der Waals surface area contributed by atoms with Crippen LogP contribution in [0.4, 0.5) is 0 Å². The molecule has 0 radical (unpaired) electrons. The highest BCUT2D eigenvalue weighted by molar-refractivity contribution is 14.1. The minimum absolute atomic E-state index is 0.417. The Morgan fingerprint density at radius 1 is 0.256 bits per heavy atom. The van der Waals surface area contributed by atoms with Gasteiger partial charge in [0.2, 0.25) is 0 Å². The second-order valence-corrected chi connectivity index (χ2v) is 24.2. The third kappa shape index (κ3) is 6.13. The summed E-state index contributed by atoms with van der Waals surface area (Å²) in [6.45, 7) is 1.64. The number of hydrogen-bond donors (Lipinski definition) is 2. The van der Waals surface area contributed by atoms with Crippen LogP contribution in [-0.2, 0) is 13.1 Å². The molecule has 0 bridgehead atoms. The van der Waals surface area contributed by atoms with E-state index in [0.29, 0.717) is 6.04 Å². The van der Waals surface area contributed by atoms with E-state index in [2.05, 4.69) is 238 Å². The average molecular weight is 1220 g/mol. The van der Waals surface area contributed by atoms with Gasteiger partial charge in [-0.25, -0.2) is 0 Å². The van der Waals surface area contributed by atoms with E-state index in [0.717, 1.165) is 223 Å². The van der Waals surface area contributed by atoms with Crippen LogP contribution >= 0.6 is 22.9 Å². The fourth-order valence-corrected chi connectivity index (χ4v) is 15.6. The molecular formula is C77H41IN2O6. The summed E-state index contributed by atoms with van der Waals surface area (Å²) in [4.78, 5) is 0. The lowest BCUT2D eigenvalue weighted by Gasteiger charge is -2.23. The topological polar surface area (TPSA) is 103 Å². The predicted molar refractivity (Wildman–Crippen MR) is 356 cm³/mol. The van der Waals surface area contributed by atoms with Crippen molar-refractivity contribution in [2.45, 2.75) is 19.1 Å². The van der Waals surface area contributed by atoms with Crippen molar-refractivity contribution in [2.24, 2.45) is 0 Å². The molecule has 9 heteroatoms. The lowest BCUT2D eigenvalue weighted by atomic mass is 9.83. The van der Waals surface area contributed by atoms with Crippen LogP contribution in [0.2, 0.25) is 0 Å². The lowest BCUT2D eigenvalue weighted by Crippen LogP contribution is -2.16. The van der Waals surface area contributed by atoms with E-state index in [1.54, 1.807) is 0 Å². The molecular weight excluding hydrogens is 1180 g/mol. The van der Waals surface area contributed by atoms with Gasteiger partial charge in [0, 0.05) is 108 Å². The van der Waals surface area contributed by atoms with E-state index in [4.69, 9.17) is 26.5 Å². The van der Waals surface area contributed by atoms with Gasteiger partial charge in [-0.2, -0.15) is 0 Å². The van der Waals surface area contributed by atoms with E-state index in [-0.39, 0.29) is 0 Å². The van der Waals surface area contributed by atoms with Gasteiger partial charge in [-0.3, -0.25) is 3.53 Å². The highest BCUT2D eigenvalue weighted by Gasteiger charge is 2.32. The van der Waals surface area contributed by atoms with Gasteiger partial charge >= 0.3 is 0 Å². The van der Waals surface area contributed by atoms with E-state index in [9.17, 15) is 0 Å². The van der Waals surface area contributed by atoms with E-state index in [1.807, 2.05) is 0 Å². The smallest absolute Gasteiger partial charge is 0.136 e. The zero-order chi connectivity index (χ0) is 55.8. The fraction of sp³-hybridized carbons (Fsp3) is 0.0390. The summed E-state index contributed by atoms with van der Waals surface area (Å²) >= 11 is 2.20. The summed E-state index contributed by atoms with van der Waals surface area (Å²) in [5.74, 6) is 0. The van der Waals surface area contributed by atoms with Crippen LogP contribution in [0.25, 0.3) is 210 Å². The zero-order valence-electron chi connectivity index (χ0n) is 45.4. The minimum Gasteiger partial charge on any atom is -0.456 e. The van der Waals surface area contributed by atoms with Gasteiger partial charge in [0.05, 0.1) is 0 Å². The highest BCUT2D eigenvalue weighted by atomic mass is 127. The van der Waals surface area contributed by atoms with Crippen molar-refractivity contribution in [3.8, 4) is 77.9 Å². The Morgan fingerprint density at radius 3 is 0.767 bits per heavy atom. The molecule has 0 saturated carbocycles. The highest BCUT2D eigenvalue weighted by Crippen LogP contribution is 2.56. The van der Waals surface area contributed by atoms with Crippen LogP contribution in [0.3, 0.4) is 0 Å². The van der Waals surface area contributed by atoms with Crippen molar-refractivity contribution in [3.05, 3.63) is 217 Å². The van der Waals surface area contributed by atoms with Gasteiger partial charge in [-0.15, -0.1) is 0 Å².